The number of carboxylic acids is 1. The molecule has 0 aliphatic carbocycles. The summed E-state index contributed by atoms with van der Waals surface area (Å²) in [5, 5.41) is 8.60. The molecule has 1 atom stereocenters. The lowest BCUT2D eigenvalue weighted by molar-refractivity contribution is -0.141. The van der Waals surface area contributed by atoms with Gasteiger partial charge in [-0.05, 0) is 10.9 Å². The van der Waals surface area contributed by atoms with E-state index < -0.39 is 11.9 Å². The van der Waals surface area contributed by atoms with Crippen molar-refractivity contribution < 1.29 is 9.90 Å². The summed E-state index contributed by atoms with van der Waals surface area (Å²) in [4.78, 5) is 10.5. The van der Waals surface area contributed by atoms with Crippen molar-refractivity contribution in [1.29, 1.82) is 0 Å². The molecule has 0 radical (unpaired) electrons. The fourth-order valence-corrected chi connectivity index (χ4v) is 1.05. The maximum absolute atomic E-state index is 10.5. The van der Waals surface area contributed by atoms with Gasteiger partial charge in [-0.2, -0.15) is 0 Å². The smallest absolute Gasteiger partial charge is 0.307 e. The van der Waals surface area contributed by atoms with Crippen LogP contribution in [0.2, 0.25) is 0 Å². The molecule has 0 aromatic heterocycles. The predicted octanol–water partition coefficient (Wildman–Crippen LogP) is 2.01. The maximum atomic E-state index is 10.5. The molecular formula is C8H9BrO2. The van der Waals surface area contributed by atoms with Crippen LogP contribution in [0.3, 0.4) is 0 Å². The molecule has 0 amide bonds. The molecule has 1 unspecified atom stereocenters. The second kappa shape index (κ2) is 4.97. The van der Waals surface area contributed by atoms with E-state index in [9.17, 15) is 4.79 Å². The number of carbonyl (C=O) groups is 1. The van der Waals surface area contributed by atoms with Crippen molar-refractivity contribution in [3.63, 3.8) is 0 Å². The monoisotopic (exact) mass is 216 g/mol. The largest absolute Gasteiger partial charge is 0.481 e. The Morgan fingerprint density at radius 2 is 2.36 bits per heavy atom. The molecule has 0 rings (SSSR count). The number of rotatable bonds is 4. The van der Waals surface area contributed by atoms with Gasteiger partial charge in [0, 0.05) is 6.42 Å². The Bertz CT molecular complexity index is 203. The summed E-state index contributed by atoms with van der Waals surface area (Å²) in [7, 11) is 0. The molecule has 3 heteroatoms. The lowest BCUT2D eigenvalue weighted by Crippen LogP contribution is -2.12. The Balaban J connectivity index is 4.02. The summed E-state index contributed by atoms with van der Waals surface area (Å²) >= 11 is 3.09. The third-order valence-corrected chi connectivity index (χ3v) is 1.51. The fraction of sp³-hybridized carbons (Fsp3) is 0.375. The first-order chi connectivity index (χ1) is 5.07. The third kappa shape index (κ3) is 4.63. The molecule has 0 saturated carbocycles. The second-order valence-electron chi connectivity index (χ2n) is 2.16. The number of terminal acetylenes is 1. The van der Waals surface area contributed by atoms with E-state index in [-0.39, 0.29) is 6.42 Å². The van der Waals surface area contributed by atoms with Crippen molar-refractivity contribution in [1.82, 2.24) is 0 Å². The average molecular weight is 217 g/mol. The van der Waals surface area contributed by atoms with E-state index in [1.165, 1.54) is 0 Å². The van der Waals surface area contributed by atoms with Gasteiger partial charge in [0.2, 0.25) is 0 Å². The van der Waals surface area contributed by atoms with Crippen LogP contribution < -0.4 is 0 Å². The Morgan fingerprint density at radius 3 is 2.64 bits per heavy atom. The SMILES string of the molecule is C#CCC(CC(=C)Br)C(=O)O. The first-order valence-corrected chi connectivity index (χ1v) is 3.86. The molecule has 0 fully saturated rings. The molecule has 0 aromatic rings. The highest BCUT2D eigenvalue weighted by molar-refractivity contribution is 9.11. The molecule has 60 valence electrons. The summed E-state index contributed by atoms with van der Waals surface area (Å²) in [6.07, 6.45) is 5.62. The van der Waals surface area contributed by atoms with Gasteiger partial charge < -0.3 is 5.11 Å². The summed E-state index contributed by atoms with van der Waals surface area (Å²) < 4.78 is 0.667. The zero-order chi connectivity index (χ0) is 8.85. The van der Waals surface area contributed by atoms with Gasteiger partial charge in [0.25, 0.3) is 0 Å². The maximum Gasteiger partial charge on any atom is 0.307 e. The highest BCUT2D eigenvalue weighted by Crippen LogP contribution is 2.17. The van der Waals surface area contributed by atoms with Crippen molar-refractivity contribution in [2.24, 2.45) is 5.92 Å². The van der Waals surface area contributed by atoms with Crippen molar-refractivity contribution in [2.75, 3.05) is 0 Å². The molecule has 0 aliphatic rings. The van der Waals surface area contributed by atoms with Crippen molar-refractivity contribution >= 4 is 21.9 Å². The van der Waals surface area contributed by atoms with Crippen LogP contribution in [-0.4, -0.2) is 11.1 Å². The van der Waals surface area contributed by atoms with Crippen LogP contribution in [0, 0.1) is 18.3 Å². The average Bonchev–Trinajstić information content (AvgIpc) is 1.86. The van der Waals surface area contributed by atoms with Crippen LogP contribution in [0.1, 0.15) is 12.8 Å². The van der Waals surface area contributed by atoms with E-state index >= 15 is 0 Å². The first-order valence-electron chi connectivity index (χ1n) is 3.07. The van der Waals surface area contributed by atoms with Gasteiger partial charge in [-0.25, -0.2) is 0 Å². The molecule has 0 aliphatic heterocycles. The van der Waals surface area contributed by atoms with Crippen molar-refractivity contribution in [3.05, 3.63) is 11.1 Å². The van der Waals surface area contributed by atoms with Gasteiger partial charge >= 0.3 is 5.97 Å². The van der Waals surface area contributed by atoms with Gasteiger partial charge in [-0.1, -0.05) is 22.5 Å². The topological polar surface area (TPSA) is 37.3 Å². The zero-order valence-corrected chi connectivity index (χ0v) is 7.60. The Kier molecular flexibility index (Phi) is 4.64. The zero-order valence-electron chi connectivity index (χ0n) is 6.01. The number of allylic oxidation sites excluding steroid dienone is 1. The Hall–Kier alpha value is -0.750. The molecule has 1 N–H and O–H groups in total. The van der Waals surface area contributed by atoms with Crippen LogP contribution in [-0.2, 0) is 4.79 Å². The minimum absolute atomic E-state index is 0.250. The van der Waals surface area contributed by atoms with E-state index in [0.717, 1.165) is 0 Å². The molecule has 0 heterocycles. The molecule has 0 saturated heterocycles. The van der Waals surface area contributed by atoms with E-state index in [1.54, 1.807) is 0 Å². The van der Waals surface area contributed by atoms with Crippen molar-refractivity contribution in [2.45, 2.75) is 12.8 Å². The van der Waals surface area contributed by atoms with Crippen LogP contribution in [0.4, 0.5) is 0 Å². The predicted molar refractivity (Wildman–Crippen MR) is 47.3 cm³/mol. The number of hydrogen-bond acceptors (Lipinski definition) is 1. The van der Waals surface area contributed by atoms with Gasteiger partial charge in [0.15, 0.2) is 0 Å². The van der Waals surface area contributed by atoms with Gasteiger partial charge in [0.1, 0.15) is 0 Å². The van der Waals surface area contributed by atoms with Crippen molar-refractivity contribution in [3.8, 4) is 12.3 Å². The normalized spacial score (nSPS) is 11.6. The van der Waals surface area contributed by atoms with Gasteiger partial charge in [0.05, 0.1) is 5.92 Å². The molecule has 0 bridgehead atoms. The van der Waals surface area contributed by atoms with Crippen LogP contribution >= 0.6 is 15.9 Å². The number of aliphatic carboxylic acids is 1. The summed E-state index contributed by atoms with van der Waals surface area (Å²) in [6.45, 7) is 3.54. The van der Waals surface area contributed by atoms with Crippen LogP contribution in [0.15, 0.2) is 11.1 Å². The molecule has 0 aromatic carbocycles. The molecule has 0 spiro atoms. The minimum atomic E-state index is -0.872. The Labute approximate surface area is 74.4 Å². The van der Waals surface area contributed by atoms with Gasteiger partial charge in [-0.15, -0.1) is 12.3 Å². The summed E-state index contributed by atoms with van der Waals surface area (Å²) in [6, 6.07) is 0. The van der Waals surface area contributed by atoms with Crippen LogP contribution in [0.25, 0.3) is 0 Å². The molecular weight excluding hydrogens is 208 g/mol. The Morgan fingerprint density at radius 1 is 1.82 bits per heavy atom. The molecule has 2 nitrogen and oxygen atoms in total. The fourth-order valence-electron chi connectivity index (χ4n) is 0.656. The standard InChI is InChI=1S/C8H9BrO2/c1-3-4-7(8(10)11)5-6(2)9/h1,7H,2,4-5H2,(H,10,11). The summed E-state index contributed by atoms with van der Waals surface area (Å²) in [5.74, 6) is 0.932. The number of carboxylic acid groups (broad SMARTS) is 1. The quantitative estimate of drug-likeness (QED) is 0.731. The first kappa shape index (κ1) is 10.2. The summed E-state index contributed by atoms with van der Waals surface area (Å²) in [5.41, 5.74) is 0. The van der Waals surface area contributed by atoms with E-state index in [2.05, 4.69) is 28.4 Å². The highest BCUT2D eigenvalue weighted by atomic mass is 79.9. The highest BCUT2D eigenvalue weighted by Gasteiger charge is 2.15. The van der Waals surface area contributed by atoms with E-state index in [1.807, 2.05) is 0 Å². The van der Waals surface area contributed by atoms with Crippen LogP contribution in [0.5, 0.6) is 0 Å². The lowest BCUT2D eigenvalue weighted by Gasteiger charge is -2.06. The van der Waals surface area contributed by atoms with E-state index in [4.69, 9.17) is 11.5 Å². The van der Waals surface area contributed by atoms with E-state index in [0.29, 0.717) is 10.9 Å². The minimum Gasteiger partial charge on any atom is -0.481 e. The van der Waals surface area contributed by atoms with Gasteiger partial charge in [-0.3, -0.25) is 4.79 Å². The molecule has 11 heavy (non-hydrogen) atoms. The lowest BCUT2D eigenvalue weighted by atomic mass is 10.0. The second-order valence-corrected chi connectivity index (χ2v) is 3.29. The number of hydrogen-bond donors (Lipinski definition) is 1. The third-order valence-electron chi connectivity index (χ3n) is 1.18. The number of halogens is 1.